The lowest BCUT2D eigenvalue weighted by atomic mass is 10.1. The van der Waals surface area contributed by atoms with E-state index in [1.807, 2.05) is 18.9 Å². The topological polar surface area (TPSA) is 3.24 Å². The largest absolute Gasteiger partial charge is 0.339 e. The smallest absolute Gasteiger partial charge is 0.0789 e. The quantitative estimate of drug-likeness (QED) is 0.668. The first-order chi connectivity index (χ1) is 7.20. The van der Waals surface area contributed by atoms with Crippen LogP contribution in [0.1, 0.15) is 6.92 Å². The molecule has 0 saturated heterocycles. The molecule has 15 heavy (non-hydrogen) atoms. The molecule has 0 aromatic heterocycles. The van der Waals surface area contributed by atoms with Gasteiger partial charge in [-0.15, -0.1) is 0 Å². The zero-order valence-electron chi connectivity index (χ0n) is 8.90. The number of anilines is 1. The van der Waals surface area contributed by atoms with Crippen LogP contribution in [0.2, 0.25) is 0 Å². The van der Waals surface area contributed by atoms with E-state index in [0.717, 1.165) is 4.99 Å². The fourth-order valence-electron chi connectivity index (χ4n) is 1.67. The zero-order chi connectivity index (χ0) is 10.8. The zero-order valence-corrected chi connectivity index (χ0v) is 9.71. The minimum atomic E-state index is 0.881. The maximum Gasteiger partial charge on any atom is 0.0789 e. The Morgan fingerprint density at radius 3 is 2.47 bits per heavy atom. The molecule has 2 heteroatoms. The fraction of sp³-hybridized carbons (Fsp3) is 0.154. The van der Waals surface area contributed by atoms with Gasteiger partial charge >= 0.3 is 0 Å². The number of nitrogens with zero attached hydrogens (tertiary/aromatic N) is 1. The molecule has 0 heterocycles. The van der Waals surface area contributed by atoms with Gasteiger partial charge in [-0.1, -0.05) is 48.6 Å². The van der Waals surface area contributed by atoms with Crippen molar-refractivity contribution in [2.45, 2.75) is 6.92 Å². The highest BCUT2D eigenvalue weighted by molar-refractivity contribution is 7.80. The molecule has 2 rings (SSSR count). The van der Waals surface area contributed by atoms with Crippen LogP contribution in [0, 0.1) is 0 Å². The molecule has 0 saturated carbocycles. The van der Waals surface area contributed by atoms with E-state index >= 15 is 0 Å². The van der Waals surface area contributed by atoms with Crippen LogP contribution in [-0.2, 0) is 0 Å². The Hall–Kier alpha value is -1.41. The molecule has 2 aromatic carbocycles. The molecule has 0 radical (unpaired) electrons. The molecule has 0 aliphatic carbocycles. The molecule has 1 nitrogen and oxygen atoms in total. The molecule has 0 atom stereocenters. The molecule has 0 N–H and O–H groups in total. The Morgan fingerprint density at radius 1 is 1.07 bits per heavy atom. The van der Waals surface area contributed by atoms with Gasteiger partial charge in [0.05, 0.1) is 4.99 Å². The lowest BCUT2D eigenvalue weighted by Gasteiger charge is -2.19. The second kappa shape index (κ2) is 3.99. The van der Waals surface area contributed by atoms with Gasteiger partial charge in [0, 0.05) is 18.1 Å². The molecule has 76 valence electrons. The Morgan fingerprint density at radius 2 is 1.73 bits per heavy atom. The van der Waals surface area contributed by atoms with E-state index in [2.05, 4.69) is 42.5 Å². The minimum Gasteiger partial charge on any atom is -0.339 e. The Bertz CT molecular complexity index is 499. The summed E-state index contributed by atoms with van der Waals surface area (Å²) in [5.41, 5.74) is 1.17. The van der Waals surface area contributed by atoms with Crippen LogP contribution in [0.3, 0.4) is 0 Å². The standard InChI is InChI=1S/C13H13NS/c1-10(15)14(2)13-9-5-7-11-6-3-4-8-12(11)13/h3-9H,1-2H3. The number of fused-ring (bicyclic) bond motifs is 1. The predicted molar refractivity (Wildman–Crippen MR) is 70.6 cm³/mol. The molecule has 2 aromatic rings. The van der Waals surface area contributed by atoms with Crippen LogP contribution in [0.5, 0.6) is 0 Å². The Kier molecular flexibility index (Phi) is 2.69. The third kappa shape index (κ3) is 1.85. The highest BCUT2D eigenvalue weighted by atomic mass is 32.1. The Labute approximate surface area is 95.3 Å². The second-order valence-electron chi connectivity index (χ2n) is 3.58. The number of benzene rings is 2. The summed E-state index contributed by atoms with van der Waals surface area (Å²) in [5.74, 6) is 0. The first-order valence-electron chi connectivity index (χ1n) is 4.92. The van der Waals surface area contributed by atoms with Crippen LogP contribution < -0.4 is 4.90 Å². The van der Waals surface area contributed by atoms with E-state index in [4.69, 9.17) is 12.2 Å². The minimum absolute atomic E-state index is 0.881. The second-order valence-corrected chi connectivity index (χ2v) is 4.17. The molecular weight excluding hydrogens is 202 g/mol. The van der Waals surface area contributed by atoms with Gasteiger partial charge in [-0.2, -0.15) is 0 Å². The van der Waals surface area contributed by atoms with Crippen molar-refractivity contribution in [2.75, 3.05) is 11.9 Å². The summed E-state index contributed by atoms with van der Waals surface area (Å²) in [6.45, 7) is 1.94. The monoisotopic (exact) mass is 215 g/mol. The lowest BCUT2D eigenvalue weighted by molar-refractivity contribution is 1.29. The van der Waals surface area contributed by atoms with Crippen molar-refractivity contribution in [3.8, 4) is 0 Å². The van der Waals surface area contributed by atoms with Crippen molar-refractivity contribution in [3.63, 3.8) is 0 Å². The third-order valence-corrected chi connectivity index (χ3v) is 2.87. The van der Waals surface area contributed by atoms with E-state index in [0.29, 0.717) is 0 Å². The molecule has 0 spiro atoms. The maximum absolute atomic E-state index is 5.19. The van der Waals surface area contributed by atoms with Crippen LogP contribution >= 0.6 is 12.2 Å². The van der Waals surface area contributed by atoms with Gasteiger partial charge in [-0.3, -0.25) is 0 Å². The Balaban J connectivity index is 2.65. The normalized spacial score (nSPS) is 10.3. The van der Waals surface area contributed by atoms with Crippen molar-refractivity contribution in [3.05, 3.63) is 42.5 Å². The number of rotatable bonds is 1. The number of hydrogen-bond donors (Lipinski definition) is 0. The van der Waals surface area contributed by atoms with E-state index < -0.39 is 0 Å². The molecule has 0 bridgehead atoms. The highest BCUT2D eigenvalue weighted by Crippen LogP contribution is 2.25. The van der Waals surface area contributed by atoms with Crippen molar-refractivity contribution in [1.29, 1.82) is 0 Å². The van der Waals surface area contributed by atoms with Gasteiger partial charge < -0.3 is 4.90 Å². The van der Waals surface area contributed by atoms with Crippen LogP contribution in [0.4, 0.5) is 5.69 Å². The third-order valence-electron chi connectivity index (χ3n) is 2.60. The van der Waals surface area contributed by atoms with Crippen LogP contribution in [-0.4, -0.2) is 12.0 Å². The van der Waals surface area contributed by atoms with E-state index in [-0.39, 0.29) is 0 Å². The van der Waals surface area contributed by atoms with Gasteiger partial charge in [0.15, 0.2) is 0 Å². The van der Waals surface area contributed by atoms with Crippen molar-refractivity contribution >= 4 is 33.7 Å². The van der Waals surface area contributed by atoms with Gasteiger partial charge in [0.2, 0.25) is 0 Å². The fourth-order valence-corrected chi connectivity index (χ4v) is 1.77. The average molecular weight is 215 g/mol. The summed E-state index contributed by atoms with van der Waals surface area (Å²) in [4.78, 5) is 2.92. The van der Waals surface area contributed by atoms with Crippen molar-refractivity contribution in [1.82, 2.24) is 0 Å². The van der Waals surface area contributed by atoms with Gasteiger partial charge in [-0.05, 0) is 18.4 Å². The van der Waals surface area contributed by atoms with Gasteiger partial charge in [0.1, 0.15) is 0 Å². The van der Waals surface area contributed by atoms with Gasteiger partial charge in [-0.25, -0.2) is 0 Å². The summed E-state index contributed by atoms with van der Waals surface area (Å²) in [7, 11) is 2.00. The van der Waals surface area contributed by atoms with Crippen LogP contribution in [0.15, 0.2) is 42.5 Å². The lowest BCUT2D eigenvalue weighted by Crippen LogP contribution is -2.21. The molecule has 0 unspecified atom stereocenters. The molecule has 0 aliphatic rings. The SMILES string of the molecule is CC(=S)N(C)c1cccc2ccccc12. The van der Waals surface area contributed by atoms with Crippen molar-refractivity contribution in [2.24, 2.45) is 0 Å². The summed E-state index contributed by atoms with van der Waals surface area (Å²) < 4.78 is 0. The number of hydrogen-bond acceptors (Lipinski definition) is 1. The van der Waals surface area contributed by atoms with E-state index in [1.165, 1.54) is 16.5 Å². The first-order valence-corrected chi connectivity index (χ1v) is 5.33. The first kappa shape index (κ1) is 10.1. The molecular formula is C13H13NS. The summed E-state index contributed by atoms with van der Waals surface area (Å²) in [6.07, 6.45) is 0. The summed E-state index contributed by atoms with van der Waals surface area (Å²) >= 11 is 5.19. The average Bonchev–Trinajstić information content (AvgIpc) is 2.27. The summed E-state index contributed by atoms with van der Waals surface area (Å²) in [6, 6.07) is 14.6. The molecule has 0 aliphatic heterocycles. The molecule has 0 fully saturated rings. The highest BCUT2D eigenvalue weighted by Gasteiger charge is 2.05. The predicted octanol–water partition coefficient (Wildman–Crippen LogP) is 3.62. The van der Waals surface area contributed by atoms with Gasteiger partial charge in [0.25, 0.3) is 0 Å². The molecule has 0 amide bonds. The van der Waals surface area contributed by atoms with E-state index in [9.17, 15) is 0 Å². The van der Waals surface area contributed by atoms with Crippen LogP contribution in [0.25, 0.3) is 10.8 Å². The van der Waals surface area contributed by atoms with E-state index in [1.54, 1.807) is 0 Å². The summed E-state index contributed by atoms with van der Waals surface area (Å²) in [5, 5.41) is 2.49. The number of thiocarbonyl (C=S) groups is 1. The van der Waals surface area contributed by atoms with Crippen molar-refractivity contribution < 1.29 is 0 Å². The maximum atomic E-state index is 5.19.